The molecule has 0 spiro atoms. The molecular weight excluding hydrogens is 392 g/mol. The number of rotatable bonds is 6. The Hall–Kier alpha value is -3.02. The topological polar surface area (TPSA) is 67.9 Å². The van der Waals surface area contributed by atoms with Crippen LogP contribution in [0.5, 0.6) is 5.75 Å². The first-order chi connectivity index (χ1) is 14.8. The van der Waals surface area contributed by atoms with Crippen molar-refractivity contribution < 1.29 is 19.1 Å². The lowest BCUT2D eigenvalue weighted by Gasteiger charge is -2.32. The Labute approximate surface area is 184 Å². The quantitative estimate of drug-likeness (QED) is 0.733. The highest BCUT2D eigenvalue weighted by atomic mass is 16.6. The molecular formula is C25H32N2O4. The zero-order chi connectivity index (χ0) is 22.3. The summed E-state index contributed by atoms with van der Waals surface area (Å²) in [6.45, 7) is 7.97. The van der Waals surface area contributed by atoms with E-state index >= 15 is 0 Å². The first-order valence-electron chi connectivity index (χ1n) is 10.8. The van der Waals surface area contributed by atoms with Crippen LogP contribution in [0.3, 0.4) is 0 Å². The van der Waals surface area contributed by atoms with Crippen molar-refractivity contribution in [3.05, 3.63) is 65.7 Å². The molecule has 0 radical (unpaired) electrons. The first-order valence-corrected chi connectivity index (χ1v) is 10.8. The van der Waals surface area contributed by atoms with E-state index in [0.29, 0.717) is 37.7 Å². The Kier molecular flexibility index (Phi) is 7.55. The minimum absolute atomic E-state index is 0.0501. The lowest BCUT2D eigenvalue weighted by atomic mass is 9.96. The number of likely N-dealkylation sites (tertiary alicyclic amines) is 1. The number of piperidine rings is 1. The molecule has 1 aliphatic rings. The molecule has 0 saturated carbocycles. The van der Waals surface area contributed by atoms with E-state index in [0.717, 1.165) is 24.2 Å². The van der Waals surface area contributed by atoms with Crippen LogP contribution in [-0.4, -0.2) is 42.1 Å². The molecule has 1 heterocycles. The number of para-hydroxylation sites is 1. The molecule has 2 aromatic carbocycles. The average molecular weight is 425 g/mol. The molecule has 1 aliphatic heterocycles. The van der Waals surface area contributed by atoms with Gasteiger partial charge in [0.05, 0.1) is 0 Å². The fraction of sp³-hybridized carbons (Fsp3) is 0.440. The van der Waals surface area contributed by atoms with Gasteiger partial charge in [0.2, 0.25) is 0 Å². The van der Waals surface area contributed by atoms with E-state index < -0.39 is 5.60 Å². The number of alkyl carbamates (subject to hydrolysis) is 1. The summed E-state index contributed by atoms with van der Waals surface area (Å²) in [6.07, 6.45) is 1.34. The van der Waals surface area contributed by atoms with E-state index in [-0.39, 0.29) is 12.0 Å². The van der Waals surface area contributed by atoms with Crippen LogP contribution in [0.1, 0.15) is 49.5 Å². The molecule has 1 fully saturated rings. The third kappa shape index (κ3) is 7.31. The van der Waals surface area contributed by atoms with Gasteiger partial charge < -0.3 is 19.7 Å². The highest BCUT2D eigenvalue weighted by Gasteiger charge is 2.24. The number of ether oxygens (including phenoxy) is 2. The van der Waals surface area contributed by atoms with Crippen molar-refractivity contribution in [1.82, 2.24) is 10.2 Å². The van der Waals surface area contributed by atoms with E-state index in [4.69, 9.17) is 9.47 Å². The van der Waals surface area contributed by atoms with Crippen LogP contribution >= 0.6 is 0 Å². The monoisotopic (exact) mass is 424 g/mol. The summed E-state index contributed by atoms with van der Waals surface area (Å²) in [5, 5.41) is 2.84. The fourth-order valence-electron chi connectivity index (χ4n) is 3.49. The van der Waals surface area contributed by atoms with E-state index in [1.807, 2.05) is 80.3 Å². The van der Waals surface area contributed by atoms with Gasteiger partial charge in [-0.05, 0) is 69.4 Å². The number of nitrogens with zero attached hydrogens (tertiary/aromatic N) is 1. The molecule has 0 atom stereocenters. The molecule has 1 N–H and O–H groups in total. The number of benzene rings is 2. The smallest absolute Gasteiger partial charge is 0.407 e. The Balaban J connectivity index is 1.42. The van der Waals surface area contributed by atoms with Gasteiger partial charge >= 0.3 is 6.09 Å². The van der Waals surface area contributed by atoms with Crippen LogP contribution in [-0.2, 0) is 11.3 Å². The lowest BCUT2D eigenvalue weighted by molar-refractivity contribution is 0.0500. The summed E-state index contributed by atoms with van der Waals surface area (Å²) in [5.74, 6) is 1.23. The van der Waals surface area contributed by atoms with Crippen molar-refractivity contribution in [3.8, 4) is 5.75 Å². The van der Waals surface area contributed by atoms with Crippen molar-refractivity contribution in [1.29, 1.82) is 0 Å². The number of hydrogen-bond donors (Lipinski definition) is 1. The van der Waals surface area contributed by atoms with E-state index in [9.17, 15) is 9.59 Å². The molecule has 2 aromatic rings. The zero-order valence-electron chi connectivity index (χ0n) is 18.6. The number of hydrogen-bond acceptors (Lipinski definition) is 4. The molecule has 0 bridgehead atoms. The maximum absolute atomic E-state index is 12.8. The summed E-state index contributed by atoms with van der Waals surface area (Å²) < 4.78 is 11.0. The highest BCUT2D eigenvalue weighted by molar-refractivity contribution is 5.94. The Morgan fingerprint density at radius 1 is 1.00 bits per heavy atom. The second-order valence-corrected chi connectivity index (χ2v) is 8.92. The van der Waals surface area contributed by atoms with Gasteiger partial charge in [-0.3, -0.25) is 4.79 Å². The van der Waals surface area contributed by atoms with Gasteiger partial charge in [0, 0.05) is 25.2 Å². The van der Waals surface area contributed by atoms with Crippen molar-refractivity contribution in [2.45, 2.75) is 45.8 Å². The summed E-state index contributed by atoms with van der Waals surface area (Å²) in [5.41, 5.74) is 1.21. The number of carbonyl (C=O) groups is 2. The third-order valence-corrected chi connectivity index (χ3v) is 5.19. The van der Waals surface area contributed by atoms with Gasteiger partial charge in [0.25, 0.3) is 5.91 Å². The second kappa shape index (κ2) is 10.3. The predicted octanol–water partition coefficient (Wildman–Crippen LogP) is 4.64. The highest BCUT2D eigenvalue weighted by Crippen LogP contribution is 2.19. The standard InChI is InChI=1S/C25H32N2O4/c1-25(2,3)31-24(29)26-17-19-13-15-27(16-14-19)23(28)21-11-9-20(10-12-21)18-30-22-7-5-4-6-8-22/h4-12,19H,13-18H2,1-3H3,(H,26,29). The first kappa shape index (κ1) is 22.7. The maximum Gasteiger partial charge on any atom is 0.407 e. The number of carbonyl (C=O) groups excluding carboxylic acids is 2. The minimum atomic E-state index is -0.497. The molecule has 1 saturated heterocycles. The molecule has 6 heteroatoms. The van der Waals surface area contributed by atoms with Crippen LogP contribution in [0.25, 0.3) is 0 Å². The Morgan fingerprint density at radius 2 is 1.65 bits per heavy atom. The van der Waals surface area contributed by atoms with E-state index in [1.165, 1.54) is 0 Å². The third-order valence-electron chi connectivity index (χ3n) is 5.19. The summed E-state index contributed by atoms with van der Waals surface area (Å²) in [7, 11) is 0. The molecule has 166 valence electrons. The normalized spacial score (nSPS) is 14.7. The van der Waals surface area contributed by atoms with Gasteiger partial charge in [-0.2, -0.15) is 0 Å². The van der Waals surface area contributed by atoms with Gasteiger partial charge in [-0.25, -0.2) is 4.79 Å². The summed E-state index contributed by atoms with van der Waals surface area (Å²) in [6, 6.07) is 17.3. The molecule has 0 aliphatic carbocycles. The van der Waals surface area contributed by atoms with E-state index in [2.05, 4.69) is 5.32 Å². The number of nitrogens with one attached hydrogen (secondary N) is 1. The van der Waals surface area contributed by atoms with Crippen LogP contribution in [0.4, 0.5) is 4.79 Å². The van der Waals surface area contributed by atoms with Crippen LogP contribution in [0.15, 0.2) is 54.6 Å². The van der Waals surface area contributed by atoms with Gasteiger partial charge in [0.15, 0.2) is 0 Å². The van der Waals surface area contributed by atoms with Gasteiger partial charge in [0.1, 0.15) is 18.0 Å². The van der Waals surface area contributed by atoms with Crippen molar-refractivity contribution in [3.63, 3.8) is 0 Å². The van der Waals surface area contributed by atoms with Gasteiger partial charge in [-0.15, -0.1) is 0 Å². The van der Waals surface area contributed by atoms with Crippen molar-refractivity contribution in [2.75, 3.05) is 19.6 Å². The predicted molar refractivity (Wildman–Crippen MR) is 120 cm³/mol. The Morgan fingerprint density at radius 3 is 2.26 bits per heavy atom. The zero-order valence-corrected chi connectivity index (χ0v) is 18.6. The largest absolute Gasteiger partial charge is 0.489 e. The van der Waals surface area contributed by atoms with Crippen molar-refractivity contribution in [2.24, 2.45) is 5.92 Å². The minimum Gasteiger partial charge on any atom is -0.489 e. The van der Waals surface area contributed by atoms with Gasteiger partial charge in [-0.1, -0.05) is 30.3 Å². The molecule has 31 heavy (non-hydrogen) atoms. The average Bonchev–Trinajstić information content (AvgIpc) is 2.76. The molecule has 0 unspecified atom stereocenters. The maximum atomic E-state index is 12.8. The molecule has 6 nitrogen and oxygen atoms in total. The second-order valence-electron chi connectivity index (χ2n) is 8.92. The van der Waals surface area contributed by atoms with Crippen LogP contribution in [0, 0.1) is 5.92 Å². The lowest BCUT2D eigenvalue weighted by Crippen LogP contribution is -2.42. The molecule has 2 amide bonds. The SMILES string of the molecule is CC(C)(C)OC(=O)NCC1CCN(C(=O)c2ccc(COc3ccccc3)cc2)CC1. The number of amides is 2. The van der Waals surface area contributed by atoms with Crippen molar-refractivity contribution >= 4 is 12.0 Å². The van der Waals surface area contributed by atoms with Crippen LogP contribution in [0.2, 0.25) is 0 Å². The Bertz CT molecular complexity index is 851. The summed E-state index contributed by atoms with van der Waals surface area (Å²) in [4.78, 5) is 26.5. The molecule has 0 aromatic heterocycles. The molecule has 3 rings (SSSR count). The summed E-state index contributed by atoms with van der Waals surface area (Å²) >= 11 is 0. The van der Waals surface area contributed by atoms with E-state index in [1.54, 1.807) is 0 Å². The van der Waals surface area contributed by atoms with Crippen LogP contribution < -0.4 is 10.1 Å². The fourth-order valence-corrected chi connectivity index (χ4v) is 3.49.